The van der Waals surface area contributed by atoms with Crippen molar-refractivity contribution in [3.63, 3.8) is 0 Å². The highest BCUT2D eigenvalue weighted by Crippen LogP contribution is 2.22. The Morgan fingerprint density at radius 3 is 2.53 bits per heavy atom. The van der Waals surface area contributed by atoms with Crippen molar-refractivity contribution in [1.82, 2.24) is 24.3 Å². The number of carbonyl (C=O) groups excluding carboxylic acids is 1. The fourth-order valence-corrected chi connectivity index (χ4v) is 4.63. The van der Waals surface area contributed by atoms with Gasteiger partial charge >= 0.3 is 0 Å². The summed E-state index contributed by atoms with van der Waals surface area (Å²) in [6.07, 6.45) is 0. The number of fused-ring (bicyclic) bond motifs is 1. The van der Waals surface area contributed by atoms with Crippen molar-refractivity contribution in [3.05, 3.63) is 82.4 Å². The first-order chi connectivity index (χ1) is 16.4. The lowest BCUT2D eigenvalue weighted by molar-refractivity contribution is -0.132. The average molecular weight is 457 g/mol. The van der Waals surface area contributed by atoms with Crippen LogP contribution >= 0.6 is 0 Å². The van der Waals surface area contributed by atoms with Crippen LogP contribution in [0.1, 0.15) is 18.3 Å². The lowest BCUT2D eigenvalue weighted by Gasteiger charge is -2.41. The lowest BCUT2D eigenvalue weighted by Crippen LogP contribution is -2.54. The number of nitrogens with zero attached hydrogens (tertiary/aromatic N) is 6. The molecular weight excluding hydrogens is 428 g/mol. The van der Waals surface area contributed by atoms with Gasteiger partial charge in [0.25, 0.3) is 5.56 Å². The van der Waals surface area contributed by atoms with Crippen LogP contribution < -0.4 is 10.5 Å². The number of piperazine rings is 1. The van der Waals surface area contributed by atoms with E-state index in [0.29, 0.717) is 30.1 Å². The Morgan fingerprint density at radius 1 is 1.00 bits per heavy atom. The van der Waals surface area contributed by atoms with E-state index in [1.807, 2.05) is 35.2 Å². The normalized spacial score (nSPS) is 16.3. The fourth-order valence-electron chi connectivity index (χ4n) is 4.63. The highest BCUT2D eigenvalue weighted by Gasteiger charge is 2.27. The summed E-state index contributed by atoms with van der Waals surface area (Å²) in [5.74, 6) is 0.458. The first kappa shape index (κ1) is 21.9. The van der Waals surface area contributed by atoms with Crippen molar-refractivity contribution in [1.29, 1.82) is 0 Å². The highest BCUT2D eigenvalue weighted by molar-refractivity contribution is 5.76. The van der Waals surface area contributed by atoms with Gasteiger partial charge in [-0.15, -0.1) is 0 Å². The Bertz CT molecular complexity index is 1410. The maximum absolute atomic E-state index is 13.1. The van der Waals surface area contributed by atoms with E-state index in [0.717, 1.165) is 12.1 Å². The molecule has 1 aliphatic heterocycles. The molecule has 1 saturated heterocycles. The maximum atomic E-state index is 13.1. The smallest absolute Gasteiger partial charge is 0.293 e. The van der Waals surface area contributed by atoms with Crippen LogP contribution in [0.4, 0.5) is 5.69 Å². The molecule has 8 nitrogen and oxygen atoms in total. The van der Waals surface area contributed by atoms with Crippen LogP contribution in [0, 0.1) is 13.8 Å². The Morgan fingerprint density at radius 2 is 1.79 bits per heavy atom. The number of aryl methyl sites for hydroxylation is 2. The molecule has 1 fully saturated rings. The number of benzene rings is 2. The third-order valence-corrected chi connectivity index (χ3v) is 6.40. The summed E-state index contributed by atoms with van der Waals surface area (Å²) in [4.78, 5) is 30.4. The Labute approximate surface area is 198 Å². The van der Waals surface area contributed by atoms with Crippen molar-refractivity contribution >= 4 is 17.1 Å². The summed E-state index contributed by atoms with van der Waals surface area (Å²) in [6, 6.07) is 20.1. The second-order valence-electron chi connectivity index (χ2n) is 8.92. The van der Waals surface area contributed by atoms with E-state index < -0.39 is 0 Å². The zero-order valence-corrected chi connectivity index (χ0v) is 19.7. The summed E-state index contributed by atoms with van der Waals surface area (Å²) < 4.78 is 2.81. The van der Waals surface area contributed by atoms with Crippen LogP contribution in [0.25, 0.3) is 16.8 Å². The second-order valence-corrected chi connectivity index (χ2v) is 8.92. The standard InChI is InChI=1S/C26H28N6O2/c1-18-8-7-11-22(14-18)30-13-12-29(16-19(30)2)25(33)17-31-26(34)24-15-23(21-9-5-4-6-10-21)28-32(24)20(3)27-31/h4-11,14-15,19H,12-13,16-17H2,1-3H3/t19-/m0/s1. The molecular formula is C26H28N6O2. The molecule has 2 aromatic carbocycles. The van der Waals surface area contributed by atoms with Crippen molar-refractivity contribution in [2.45, 2.75) is 33.4 Å². The molecule has 2 aromatic heterocycles. The van der Waals surface area contributed by atoms with Gasteiger partial charge in [-0.25, -0.2) is 9.20 Å². The Balaban J connectivity index is 1.35. The Kier molecular flexibility index (Phi) is 5.65. The minimum absolute atomic E-state index is 0.0841. The molecule has 34 heavy (non-hydrogen) atoms. The van der Waals surface area contributed by atoms with Crippen molar-refractivity contribution < 1.29 is 4.79 Å². The van der Waals surface area contributed by atoms with Crippen molar-refractivity contribution in [2.24, 2.45) is 0 Å². The third-order valence-electron chi connectivity index (χ3n) is 6.40. The zero-order valence-electron chi connectivity index (χ0n) is 19.7. The number of anilines is 1. The molecule has 0 bridgehead atoms. The number of hydrogen-bond donors (Lipinski definition) is 0. The number of carbonyl (C=O) groups is 1. The zero-order chi connectivity index (χ0) is 23.8. The van der Waals surface area contributed by atoms with Crippen molar-refractivity contribution in [2.75, 3.05) is 24.5 Å². The number of rotatable bonds is 4. The molecule has 0 radical (unpaired) electrons. The molecule has 174 valence electrons. The monoisotopic (exact) mass is 456 g/mol. The van der Waals surface area contributed by atoms with Crippen LogP contribution in [0.2, 0.25) is 0 Å². The molecule has 5 rings (SSSR count). The molecule has 8 heteroatoms. The minimum atomic E-state index is -0.319. The molecule has 3 heterocycles. The summed E-state index contributed by atoms with van der Waals surface area (Å²) in [6.45, 7) is 7.88. The van der Waals surface area contributed by atoms with Crippen LogP contribution in [0.3, 0.4) is 0 Å². The van der Waals surface area contributed by atoms with E-state index in [2.05, 4.69) is 53.2 Å². The van der Waals surface area contributed by atoms with Gasteiger partial charge in [0.1, 0.15) is 17.9 Å². The predicted molar refractivity (Wildman–Crippen MR) is 132 cm³/mol. The van der Waals surface area contributed by atoms with Gasteiger partial charge in [0.2, 0.25) is 5.91 Å². The maximum Gasteiger partial charge on any atom is 0.293 e. The van der Waals surface area contributed by atoms with Gasteiger partial charge in [0.05, 0.1) is 5.69 Å². The number of hydrogen-bond acceptors (Lipinski definition) is 5. The van der Waals surface area contributed by atoms with Gasteiger partial charge in [-0.1, -0.05) is 42.5 Å². The molecule has 0 saturated carbocycles. The van der Waals surface area contributed by atoms with Gasteiger partial charge in [-0.3, -0.25) is 9.59 Å². The SMILES string of the molecule is Cc1cccc(N2CCN(C(=O)Cn3nc(C)n4nc(-c5ccccc5)cc4c3=O)C[C@@H]2C)c1. The average Bonchev–Trinajstić information content (AvgIpc) is 3.29. The largest absolute Gasteiger partial charge is 0.365 e. The summed E-state index contributed by atoms with van der Waals surface area (Å²) in [7, 11) is 0. The van der Waals surface area contributed by atoms with Crippen LogP contribution in [0.5, 0.6) is 0 Å². The van der Waals surface area contributed by atoms with Gasteiger partial charge in [0, 0.05) is 36.9 Å². The second kappa shape index (κ2) is 8.78. The van der Waals surface area contributed by atoms with Crippen LogP contribution in [0.15, 0.2) is 65.5 Å². The lowest BCUT2D eigenvalue weighted by atomic mass is 10.1. The van der Waals surface area contributed by atoms with E-state index in [1.165, 1.54) is 15.9 Å². The third kappa shape index (κ3) is 4.07. The van der Waals surface area contributed by atoms with Gasteiger partial charge in [0.15, 0.2) is 0 Å². The number of aromatic nitrogens is 4. The predicted octanol–water partition coefficient (Wildman–Crippen LogP) is 2.91. The highest BCUT2D eigenvalue weighted by atomic mass is 16.2. The van der Waals surface area contributed by atoms with Gasteiger partial charge in [-0.05, 0) is 44.5 Å². The summed E-state index contributed by atoms with van der Waals surface area (Å²) >= 11 is 0. The van der Waals surface area contributed by atoms with E-state index >= 15 is 0 Å². The van der Waals surface area contributed by atoms with E-state index in [1.54, 1.807) is 17.5 Å². The van der Waals surface area contributed by atoms with Gasteiger partial charge < -0.3 is 9.80 Å². The van der Waals surface area contributed by atoms with Gasteiger partial charge in [-0.2, -0.15) is 10.2 Å². The Hall–Kier alpha value is -3.94. The first-order valence-electron chi connectivity index (χ1n) is 11.5. The molecule has 0 N–H and O–H groups in total. The number of amides is 1. The van der Waals surface area contributed by atoms with E-state index in [-0.39, 0.29) is 24.1 Å². The molecule has 1 aliphatic rings. The van der Waals surface area contributed by atoms with Crippen molar-refractivity contribution in [3.8, 4) is 11.3 Å². The summed E-state index contributed by atoms with van der Waals surface area (Å²) in [5, 5.41) is 8.93. The molecule has 0 aliphatic carbocycles. The quantitative estimate of drug-likeness (QED) is 0.472. The molecule has 1 atom stereocenters. The van der Waals surface area contributed by atoms with E-state index in [4.69, 9.17) is 0 Å². The van der Waals surface area contributed by atoms with Crippen LogP contribution in [-0.2, 0) is 11.3 Å². The molecule has 4 aromatic rings. The van der Waals surface area contributed by atoms with E-state index in [9.17, 15) is 9.59 Å². The molecule has 1 amide bonds. The fraction of sp³-hybridized carbons (Fsp3) is 0.308. The first-order valence-corrected chi connectivity index (χ1v) is 11.5. The van der Waals surface area contributed by atoms with Crippen LogP contribution in [-0.4, -0.2) is 55.9 Å². The minimum Gasteiger partial charge on any atom is -0.365 e. The topological polar surface area (TPSA) is 75.7 Å². The summed E-state index contributed by atoms with van der Waals surface area (Å²) in [5.41, 5.74) is 4.11. The molecule has 0 unspecified atom stereocenters. The molecule has 0 spiro atoms.